The van der Waals surface area contributed by atoms with Crippen LogP contribution in [0.1, 0.15) is 10.4 Å². The number of alkyl halides is 3. The lowest BCUT2D eigenvalue weighted by molar-refractivity contribution is -0.139. The maximum atomic E-state index is 12.4. The van der Waals surface area contributed by atoms with Crippen LogP contribution < -0.4 is 5.32 Å². The zero-order valence-electron chi connectivity index (χ0n) is 10.6. The minimum absolute atomic E-state index is 0.102. The van der Waals surface area contributed by atoms with Crippen LogP contribution in [0.15, 0.2) is 24.1 Å². The number of carbonyl (C=O) groups excluding carboxylic acids is 1. The molecule has 21 heavy (non-hydrogen) atoms. The van der Waals surface area contributed by atoms with E-state index in [4.69, 9.17) is 5.11 Å². The third-order valence-corrected chi connectivity index (χ3v) is 3.32. The van der Waals surface area contributed by atoms with E-state index >= 15 is 0 Å². The van der Waals surface area contributed by atoms with Gasteiger partial charge in [-0.05, 0) is 17.0 Å². The summed E-state index contributed by atoms with van der Waals surface area (Å²) in [6.45, 7) is 3.21. The number of alkyl carbamates (subject to hydrolysis) is 1. The Morgan fingerprint density at radius 2 is 2.19 bits per heavy atom. The zero-order valence-corrected chi connectivity index (χ0v) is 11.5. The number of carboxylic acids is 1. The summed E-state index contributed by atoms with van der Waals surface area (Å²) in [5.74, 6) is -1.37. The Kier molecular flexibility index (Phi) is 5.77. The summed E-state index contributed by atoms with van der Waals surface area (Å²) in [4.78, 5) is 21.4. The van der Waals surface area contributed by atoms with E-state index in [1.165, 1.54) is 11.5 Å². The molecule has 1 atom stereocenters. The number of aliphatic carboxylic acids is 1. The molecule has 0 bridgehead atoms. The maximum absolute atomic E-state index is 12.4. The molecular formula is C12H12F3NO4S. The summed E-state index contributed by atoms with van der Waals surface area (Å²) in [5, 5.41) is 12.2. The first-order valence-corrected chi connectivity index (χ1v) is 6.53. The number of thiophene rings is 1. The second kappa shape index (κ2) is 7.11. The van der Waals surface area contributed by atoms with Crippen molar-refractivity contribution in [2.45, 2.75) is 18.6 Å². The first-order valence-electron chi connectivity index (χ1n) is 5.65. The average Bonchev–Trinajstić information content (AvgIpc) is 2.84. The van der Waals surface area contributed by atoms with Crippen LogP contribution in [0.25, 0.3) is 0 Å². The Morgan fingerprint density at radius 1 is 1.52 bits per heavy atom. The van der Waals surface area contributed by atoms with Gasteiger partial charge < -0.3 is 15.2 Å². The van der Waals surface area contributed by atoms with Crippen molar-refractivity contribution in [2.24, 2.45) is 0 Å². The Morgan fingerprint density at radius 3 is 2.67 bits per heavy atom. The third kappa shape index (κ3) is 5.46. The predicted octanol–water partition coefficient (Wildman–Crippen LogP) is 2.67. The highest BCUT2D eigenvalue weighted by Gasteiger charge is 2.33. The summed E-state index contributed by atoms with van der Waals surface area (Å²) >= 11 is 0.468. The van der Waals surface area contributed by atoms with Gasteiger partial charge >= 0.3 is 18.2 Å². The first kappa shape index (κ1) is 17.0. The molecule has 0 saturated carbocycles. The van der Waals surface area contributed by atoms with Crippen LogP contribution in [0.3, 0.4) is 0 Å². The van der Waals surface area contributed by atoms with Crippen LogP contribution in [0, 0.1) is 0 Å². The van der Waals surface area contributed by atoms with E-state index in [1.807, 2.05) is 0 Å². The molecule has 1 rings (SSSR count). The fourth-order valence-corrected chi connectivity index (χ4v) is 2.18. The summed E-state index contributed by atoms with van der Waals surface area (Å²) in [6, 6.07) is -0.518. The fourth-order valence-electron chi connectivity index (χ4n) is 1.39. The molecule has 9 heteroatoms. The van der Waals surface area contributed by atoms with Gasteiger partial charge in [0.05, 0.1) is 0 Å². The van der Waals surface area contributed by atoms with Crippen LogP contribution in [-0.2, 0) is 22.1 Å². The van der Waals surface area contributed by atoms with E-state index in [0.717, 1.165) is 6.07 Å². The topological polar surface area (TPSA) is 75.6 Å². The Labute approximate surface area is 122 Å². The van der Waals surface area contributed by atoms with Crippen LogP contribution in [-0.4, -0.2) is 29.8 Å². The normalized spacial score (nSPS) is 12.5. The van der Waals surface area contributed by atoms with Gasteiger partial charge in [0.2, 0.25) is 0 Å². The molecule has 1 unspecified atom stereocenters. The van der Waals surface area contributed by atoms with Crippen molar-refractivity contribution in [1.82, 2.24) is 5.32 Å². The number of ether oxygens (including phenoxy) is 1. The number of hydrogen-bond donors (Lipinski definition) is 2. The van der Waals surface area contributed by atoms with Crippen molar-refractivity contribution in [3.05, 3.63) is 34.5 Å². The largest absolute Gasteiger partial charge is 0.480 e. The van der Waals surface area contributed by atoms with Crippen molar-refractivity contribution in [3.8, 4) is 0 Å². The van der Waals surface area contributed by atoms with Gasteiger partial charge in [-0.1, -0.05) is 12.7 Å². The molecule has 0 fully saturated rings. The van der Waals surface area contributed by atoms with Gasteiger partial charge in [0, 0.05) is 6.42 Å². The minimum atomic E-state index is -4.47. The molecular weight excluding hydrogens is 311 g/mol. The van der Waals surface area contributed by atoms with Gasteiger partial charge in [0.15, 0.2) is 0 Å². The van der Waals surface area contributed by atoms with E-state index < -0.39 is 29.2 Å². The molecule has 116 valence electrons. The van der Waals surface area contributed by atoms with Gasteiger partial charge in [-0.3, -0.25) is 0 Å². The first-order chi connectivity index (χ1) is 9.74. The Hall–Kier alpha value is -2.03. The molecule has 0 radical (unpaired) electrons. The number of carbonyl (C=O) groups is 2. The van der Waals surface area contributed by atoms with E-state index in [2.05, 4.69) is 16.6 Å². The molecule has 5 nitrogen and oxygen atoms in total. The SMILES string of the molecule is C=CCOC(=O)NC(Cc1csc(C(F)(F)F)c1)C(=O)O. The molecule has 1 heterocycles. The molecule has 1 aromatic heterocycles. The number of hydrogen-bond acceptors (Lipinski definition) is 4. The summed E-state index contributed by atoms with van der Waals surface area (Å²) in [6.07, 6.45) is -4.43. The van der Waals surface area contributed by atoms with Crippen molar-refractivity contribution < 1.29 is 32.6 Å². The zero-order chi connectivity index (χ0) is 16.0. The molecule has 0 aromatic carbocycles. The van der Waals surface area contributed by atoms with Gasteiger partial charge in [-0.15, -0.1) is 11.3 Å². The second-order valence-corrected chi connectivity index (χ2v) is 4.85. The lowest BCUT2D eigenvalue weighted by Crippen LogP contribution is -2.42. The van der Waals surface area contributed by atoms with Crippen molar-refractivity contribution in [2.75, 3.05) is 6.61 Å². The number of halogens is 3. The van der Waals surface area contributed by atoms with E-state index in [0.29, 0.717) is 11.3 Å². The minimum Gasteiger partial charge on any atom is -0.480 e. The van der Waals surface area contributed by atoms with Crippen LogP contribution in [0.5, 0.6) is 0 Å². The molecule has 0 aliphatic carbocycles. The monoisotopic (exact) mass is 323 g/mol. The highest BCUT2D eigenvalue weighted by Crippen LogP contribution is 2.34. The molecule has 2 N–H and O–H groups in total. The van der Waals surface area contributed by atoms with Crippen LogP contribution >= 0.6 is 11.3 Å². The standard InChI is InChI=1S/C12H12F3NO4S/c1-2-3-20-11(19)16-8(10(17)18)4-7-5-9(21-6-7)12(13,14)15/h2,5-6,8H,1,3-4H2,(H,16,19)(H,17,18). The number of amides is 1. The molecule has 1 amide bonds. The quantitative estimate of drug-likeness (QED) is 0.789. The average molecular weight is 323 g/mol. The van der Waals surface area contributed by atoms with E-state index in [1.54, 1.807) is 0 Å². The van der Waals surface area contributed by atoms with Crippen LogP contribution in [0.2, 0.25) is 0 Å². The van der Waals surface area contributed by atoms with Crippen molar-refractivity contribution in [3.63, 3.8) is 0 Å². The van der Waals surface area contributed by atoms with E-state index in [-0.39, 0.29) is 18.6 Å². The highest BCUT2D eigenvalue weighted by atomic mass is 32.1. The fraction of sp³-hybridized carbons (Fsp3) is 0.333. The Bertz CT molecular complexity index is 527. The maximum Gasteiger partial charge on any atom is 0.425 e. The van der Waals surface area contributed by atoms with Gasteiger partial charge in [-0.25, -0.2) is 9.59 Å². The third-order valence-electron chi connectivity index (χ3n) is 2.30. The lowest BCUT2D eigenvalue weighted by Gasteiger charge is -2.13. The molecule has 1 aromatic rings. The Balaban J connectivity index is 2.70. The molecule has 0 spiro atoms. The van der Waals surface area contributed by atoms with Crippen LogP contribution in [0.4, 0.5) is 18.0 Å². The summed E-state index contributed by atoms with van der Waals surface area (Å²) in [7, 11) is 0. The molecule has 0 saturated heterocycles. The second-order valence-electron chi connectivity index (χ2n) is 3.94. The highest BCUT2D eigenvalue weighted by molar-refractivity contribution is 7.10. The van der Waals surface area contributed by atoms with Gasteiger partial charge in [0.1, 0.15) is 17.5 Å². The van der Waals surface area contributed by atoms with Gasteiger partial charge in [-0.2, -0.15) is 13.2 Å². The predicted molar refractivity (Wildman–Crippen MR) is 69.1 cm³/mol. The molecule has 0 aliphatic rings. The van der Waals surface area contributed by atoms with Crippen molar-refractivity contribution >= 4 is 23.4 Å². The van der Waals surface area contributed by atoms with Gasteiger partial charge in [0.25, 0.3) is 0 Å². The summed E-state index contributed by atoms with van der Waals surface area (Å²) < 4.78 is 41.9. The lowest BCUT2D eigenvalue weighted by atomic mass is 10.1. The molecule has 0 aliphatic heterocycles. The smallest absolute Gasteiger partial charge is 0.425 e. The number of nitrogens with one attached hydrogen (secondary N) is 1. The van der Waals surface area contributed by atoms with Crippen molar-refractivity contribution in [1.29, 1.82) is 0 Å². The van der Waals surface area contributed by atoms with E-state index in [9.17, 15) is 22.8 Å². The number of rotatable bonds is 6. The summed E-state index contributed by atoms with van der Waals surface area (Å²) in [5.41, 5.74) is 0.170. The number of carboxylic acid groups (broad SMARTS) is 1.